The van der Waals surface area contributed by atoms with Crippen LogP contribution >= 0.6 is 23.4 Å². The van der Waals surface area contributed by atoms with Crippen LogP contribution in [0, 0.1) is 0 Å². The molecule has 1 N–H and O–H groups in total. The number of rotatable bonds is 4. The molecule has 0 spiro atoms. The highest BCUT2D eigenvalue weighted by molar-refractivity contribution is 8.00. The van der Waals surface area contributed by atoms with Gasteiger partial charge in [-0.25, -0.2) is 0 Å². The van der Waals surface area contributed by atoms with Crippen molar-refractivity contribution in [2.24, 2.45) is 0 Å². The second kappa shape index (κ2) is 7.06. The van der Waals surface area contributed by atoms with E-state index >= 15 is 0 Å². The van der Waals surface area contributed by atoms with Crippen molar-refractivity contribution < 1.29 is 0 Å². The molecule has 0 radical (unpaired) electrons. The Morgan fingerprint density at radius 3 is 2.85 bits per heavy atom. The highest BCUT2D eigenvalue weighted by atomic mass is 35.5. The summed E-state index contributed by atoms with van der Waals surface area (Å²) in [7, 11) is 0. The van der Waals surface area contributed by atoms with E-state index in [1.807, 2.05) is 0 Å². The molecule has 20 heavy (non-hydrogen) atoms. The normalized spacial score (nSPS) is 24.8. The third-order valence-corrected chi connectivity index (χ3v) is 5.84. The summed E-state index contributed by atoms with van der Waals surface area (Å²) < 4.78 is 0. The van der Waals surface area contributed by atoms with Crippen LogP contribution in [0.15, 0.2) is 18.2 Å². The summed E-state index contributed by atoms with van der Waals surface area (Å²) >= 11 is 8.55. The lowest BCUT2D eigenvalue weighted by Gasteiger charge is -2.39. The molecule has 3 atom stereocenters. The van der Waals surface area contributed by atoms with Gasteiger partial charge in [-0.3, -0.25) is 0 Å². The third kappa shape index (κ3) is 3.44. The van der Waals surface area contributed by atoms with E-state index < -0.39 is 0 Å². The van der Waals surface area contributed by atoms with E-state index in [1.54, 1.807) is 0 Å². The maximum Gasteiger partial charge on any atom is 0.0474 e. The summed E-state index contributed by atoms with van der Waals surface area (Å²) in [6, 6.07) is 7.37. The molecule has 4 heteroatoms. The Labute approximate surface area is 132 Å². The van der Waals surface area contributed by atoms with Gasteiger partial charge < -0.3 is 10.2 Å². The van der Waals surface area contributed by atoms with Crippen molar-refractivity contribution in [3.05, 3.63) is 28.8 Å². The summed E-state index contributed by atoms with van der Waals surface area (Å²) in [5, 5.41) is 4.95. The molecule has 1 heterocycles. The second-order valence-electron chi connectivity index (χ2n) is 5.50. The first-order valence-corrected chi connectivity index (χ1v) is 8.88. The Balaban J connectivity index is 2.20. The van der Waals surface area contributed by atoms with E-state index in [-0.39, 0.29) is 0 Å². The van der Waals surface area contributed by atoms with Gasteiger partial charge in [0.25, 0.3) is 0 Å². The number of nitrogens with zero attached hydrogens (tertiary/aromatic N) is 1. The summed E-state index contributed by atoms with van der Waals surface area (Å²) in [5.74, 6) is 1.19. The van der Waals surface area contributed by atoms with Crippen LogP contribution in [-0.2, 0) is 0 Å². The molecule has 0 saturated carbocycles. The maximum atomic E-state index is 6.49. The van der Waals surface area contributed by atoms with Crippen molar-refractivity contribution in [3.8, 4) is 0 Å². The largest absolute Gasteiger partial charge is 0.367 e. The molecule has 0 aliphatic carbocycles. The summed E-state index contributed by atoms with van der Waals surface area (Å²) in [4.78, 5) is 2.48. The lowest BCUT2D eigenvalue weighted by atomic mass is 10.1. The molecule has 0 amide bonds. The number of hydrogen-bond donors (Lipinski definition) is 1. The number of benzene rings is 1. The standard InChI is InChI=1S/C16H25ClN2S/c1-5-18-11(2)15-7-6-14(10-16(15)17)19-8-9-20-13(4)12(19)3/h6-7,10-13,18H,5,8-9H2,1-4H3. The molecule has 1 aromatic rings. The average molecular weight is 313 g/mol. The molecular weight excluding hydrogens is 288 g/mol. The SMILES string of the molecule is CCNC(C)c1ccc(N2CCSC(C)C2C)cc1Cl. The number of halogens is 1. The number of anilines is 1. The van der Waals surface area contributed by atoms with Crippen LogP contribution in [0.2, 0.25) is 5.02 Å². The van der Waals surface area contributed by atoms with Gasteiger partial charge in [-0.1, -0.05) is 31.5 Å². The van der Waals surface area contributed by atoms with E-state index in [0.717, 1.165) is 18.1 Å². The van der Waals surface area contributed by atoms with E-state index in [1.165, 1.54) is 17.0 Å². The lowest BCUT2D eigenvalue weighted by molar-refractivity contribution is 0.597. The van der Waals surface area contributed by atoms with Gasteiger partial charge in [-0.2, -0.15) is 11.8 Å². The van der Waals surface area contributed by atoms with Crippen LogP contribution in [0.3, 0.4) is 0 Å². The van der Waals surface area contributed by atoms with Crippen LogP contribution in [-0.4, -0.2) is 30.1 Å². The first kappa shape index (κ1) is 16.0. The highest BCUT2D eigenvalue weighted by Gasteiger charge is 2.25. The molecule has 1 aliphatic heterocycles. The summed E-state index contributed by atoms with van der Waals surface area (Å²) in [5.41, 5.74) is 2.44. The van der Waals surface area contributed by atoms with Gasteiger partial charge in [0.2, 0.25) is 0 Å². The van der Waals surface area contributed by atoms with Gasteiger partial charge in [-0.15, -0.1) is 0 Å². The monoisotopic (exact) mass is 312 g/mol. The Morgan fingerprint density at radius 1 is 1.45 bits per heavy atom. The van der Waals surface area contributed by atoms with Gasteiger partial charge >= 0.3 is 0 Å². The fourth-order valence-corrected chi connectivity index (χ4v) is 4.20. The predicted molar refractivity (Wildman–Crippen MR) is 92.3 cm³/mol. The van der Waals surface area contributed by atoms with Crippen LogP contribution in [0.5, 0.6) is 0 Å². The van der Waals surface area contributed by atoms with Gasteiger partial charge in [0, 0.05) is 40.3 Å². The average Bonchev–Trinajstić information content (AvgIpc) is 2.42. The molecular formula is C16H25ClN2S. The molecule has 112 valence electrons. The minimum atomic E-state index is 0.301. The number of hydrogen-bond acceptors (Lipinski definition) is 3. The first-order chi connectivity index (χ1) is 9.54. The molecule has 2 rings (SSSR count). The Morgan fingerprint density at radius 2 is 2.20 bits per heavy atom. The molecule has 1 aliphatic rings. The summed E-state index contributed by atoms with van der Waals surface area (Å²) in [6.07, 6.45) is 0. The number of nitrogens with one attached hydrogen (secondary N) is 1. The number of thioether (sulfide) groups is 1. The topological polar surface area (TPSA) is 15.3 Å². The zero-order valence-corrected chi connectivity index (χ0v) is 14.4. The van der Waals surface area contributed by atoms with Gasteiger partial charge in [0.1, 0.15) is 0 Å². The van der Waals surface area contributed by atoms with E-state index in [0.29, 0.717) is 17.3 Å². The van der Waals surface area contributed by atoms with E-state index in [4.69, 9.17) is 11.6 Å². The molecule has 0 aromatic heterocycles. The van der Waals surface area contributed by atoms with Crippen molar-refractivity contribution in [1.29, 1.82) is 0 Å². The highest BCUT2D eigenvalue weighted by Crippen LogP contribution is 2.33. The van der Waals surface area contributed by atoms with Gasteiger partial charge in [-0.05, 0) is 38.1 Å². The van der Waals surface area contributed by atoms with Crippen molar-refractivity contribution in [2.75, 3.05) is 23.7 Å². The van der Waals surface area contributed by atoms with E-state index in [9.17, 15) is 0 Å². The zero-order chi connectivity index (χ0) is 14.7. The second-order valence-corrected chi connectivity index (χ2v) is 7.39. The minimum Gasteiger partial charge on any atom is -0.367 e. The first-order valence-electron chi connectivity index (χ1n) is 7.45. The minimum absolute atomic E-state index is 0.301. The van der Waals surface area contributed by atoms with Crippen molar-refractivity contribution in [2.45, 2.75) is 45.0 Å². The Kier molecular flexibility index (Phi) is 5.65. The smallest absolute Gasteiger partial charge is 0.0474 e. The fraction of sp³-hybridized carbons (Fsp3) is 0.625. The van der Waals surface area contributed by atoms with Crippen LogP contribution in [0.4, 0.5) is 5.69 Å². The Bertz CT molecular complexity index is 452. The van der Waals surface area contributed by atoms with Crippen LogP contribution in [0.1, 0.15) is 39.3 Å². The fourth-order valence-electron chi connectivity index (χ4n) is 2.76. The van der Waals surface area contributed by atoms with Crippen LogP contribution < -0.4 is 10.2 Å². The maximum absolute atomic E-state index is 6.49. The van der Waals surface area contributed by atoms with Crippen molar-refractivity contribution in [3.63, 3.8) is 0 Å². The lowest BCUT2D eigenvalue weighted by Crippen LogP contribution is -2.44. The molecule has 1 saturated heterocycles. The van der Waals surface area contributed by atoms with Crippen molar-refractivity contribution in [1.82, 2.24) is 5.32 Å². The zero-order valence-electron chi connectivity index (χ0n) is 12.8. The molecule has 0 bridgehead atoms. The van der Waals surface area contributed by atoms with E-state index in [2.05, 4.69) is 67.9 Å². The molecule has 2 nitrogen and oxygen atoms in total. The van der Waals surface area contributed by atoms with Gasteiger partial charge in [0.05, 0.1) is 0 Å². The van der Waals surface area contributed by atoms with Crippen LogP contribution in [0.25, 0.3) is 0 Å². The predicted octanol–water partition coefficient (Wildman–Crippen LogP) is 4.34. The summed E-state index contributed by atoms with van der Waals surface area (Å²) in [6.45, 7) is 11.0. The molecule has 3 unspecified atom stereocenters. The van der Waals surface area contributed by atoms with Gasteiger partial charge in [0.15, 0.2) is 0 Å². The van der Waals surface area contributed by atoms with Crippen molar-refractivity contribution >= 4 is 29.1 Å². The molecule has 1 aromatic carbocycles. The molecule has 1 fully saturated rings. The quantitative estimate of drug-likeness (QED) is 0.890. The Hall–Kier alpha value is -0.380. The third-order valence-electron chi connectivity index (χ3n) is 4.18.